The number of benzene rings is 2. The second-order valence-corrected chi connectivity index (χ2v) is 5.68. The van der Waals surface area contributed by atoms with Crippen molar-refractivity contribution in [1.29, 1.82) is 0 Å². The van der Waals surface area contributed by atoms with Gasteiger partial charge in [-0.1, -0.05) is 17.7 Å². The Morgan fingerprint density at radius 3 is 2.55 bits per heavy atom. The number of nitrogens with zero attached hydrogens (tertiary/aromatic N) is 2. The topological polar surface area (TPSA) is 51.6 Å². The molecule has 1 aromatic heterocycles. The molecule has 0 aliphatic rings. The third kappa shape index (κ3) is 2.78. The van der Waals surface area contributed by atoms with E-state index in [0.29, 0.717) is 10.6 Å². The smallest absolute Gasteiger partial charge is 0.198 e. The predicted octanol–water partition coefficient (Wildman–Crippen LogP) is 4.34. The lowest BCUT2D eigenvalue weighted by Gasteiger charge is -2.11. The number of aliphatic imine (C=N–C) groups is 1. The van der Waals surface area contributed by atoms with E-state index in [1.165, 1.54) is 0 Å². The summed E-state index contributed by atoms with van der Waals surface area (Å²) in [4.78, 5) is 9.36. The van der Waals surface area contributed by atoms with E-state index in [-0.39, 0.29) is 5.88 Å². The van der Waals surface area contributed by atoms with E-state index in [2.05, 4.69) is 9.98 Å². The van der Waals surface area contributed by atoms with Gasteiger partial charge in [0, 0.05) is 36.4 Å². The van der Waals surface area contributed by atoms with E-state index in [1.807, 2.05) is 49.3 Å². The number of halogens is 1. The number of anilines is 1. The molecule has 0 bridgehead atoms. The molecule has 0 radical (unpaired) electrons. The molecule has 0 unspecified atom stereocenters. The van der Waals surface area contributed by atoms with Crippen molar-refractivity contribution in [3.05, 3.63) is 53.1 Å². The van der Waals surface area contributed by atoms with Gasteiger partial charge in [0.05, 0.1) is 16.8 Å². The first-order chi connectivity index (χ1) is 10.5. The fraction of sp³-hybridized carbons (Fsp3) is 0.118. The minimum absolute atomic E-state index is 0.0888. The van der Waals surface area contributed by atoms with E-state index in [4.69, 9.17) is 11.6 Å². The maximum absolute atomic E-state index is 10.0. The van der Waals surface area contributed by atoms with Crippen LogP contribution in [0.3, 0.4) is 0 Å². The second-order valence-electron chi connectivity index (χ2n) is 5.25. The minimum atomic E-state index is 0.0888. The van der Waals surface area contributed by atoms with Crippen molar-refractivity contribution in [3.8, 4) is 5.88 Å². The predicted molar refractivity (Wildman–Crippen MR) is 93.0 cm³/mol. The number of hydrogen-bond donors (Lipinski definition) is 2. The summed E-state index contributed by atoms with van der Waals surface area (Å²) in [5.74, 6) is 0.0888. The molecule has 0 spiro atoms. The van der Waals surface area contributed by atoms with Crippen molar-refractivity contribution < 1.29 is 5.11 Å². The number of rotatable bonds is 3. The van der Waals surface area contributed by atoms with Gasteiger partial charge in [-0.3, -0.25) is 4.99 Å². The average Bonchev–Trinajstić information content (AvgIpc) is 2.80. The van der Waals surface area contributed by atoms with Gasteiger partial charge in [-0.2, -0.15) is 0 Å². The van der Waals surface area contributed by atoms with Gasteiger partial charge >= 0.3 is 0 Å². The Morgan fingerprint density at radius 1 is 1.14 bits per heavy atom. The molecule has 22 heavy (non-hydrogen) atoms. The number of H-pyrrole nitrogens is 1. The van der Waals surface area contributed by atoms with Gasteiger partial charge in [-0.25, -0.2) is 0 Å². The molecular weight excluding hydrogens is 298 g/mol. The Balaban J connectivity index is 1.93. The van der Waals surface area contributed by atoms with Crippen LogP contribution in [0.4, 0.5) is 11.4 Å². The highest BCUT2D eigenvalue weighted by atomic mass is 35.5. The van der Waals surface area contributed by atoms with Crippen LogP contribution in [-0.4, -0.2) is 30.4 Å². The molecule has 0 saturated heterocycles. The quantitative estimate of drug-likeness (QED) is 0.707. The molecule has 4 nitrogen and oxygen atoms in total. The zero-order valence-electron chi connectivity index (χ0n) is 12.3. The van der Waals surface area contributed by atoms with E-state index in [0.717, 1.165) is 22.3 Å². The molecule has 0 saturated carbocycles. The van der Waals surface area contributed by atoms with E-state index < -0.39 is 0 Å². The van der Waals surface area contributed by atoms with Crippen LogP contribution in [0.1, 0.15) is 5.56 Å². The van der Waals surface area contributed by atoms with Gasteiger partial charge in [0.15, 0.2) is 5.88 Å². The first-order valence-electron chi connectivity index (χ1n) is 6.86. The van der Waals surface area contributed by atoms with Crippen LogP contribution in [0.15, 0.2) is 47.5 Å². The molecule has 2 N–H and O–H groups in total. The molecule has 3 aromatic rings. The fourth-order valence-electron chi connectivity index (χ4n) is 2.28. The summed E-state index contributed by atoms with van der Waals surface area (Å²) in [6, 6.07) is 13.3. The van der Waals surface area contributed by atoms with Crippen molar-refractivity contribution in [2.24, 2.45) is 4.99 Å². The summed E-state index contributed by atoms with van der Waals surface area (Å²) in [7, 11) is 3.99. The molecule has 0 atom stereocenters. The monoisotopic (exact) mass is 313 g/mol. The summed E-state index contributed by atoms with van der Waals surface area (Å²) >= 11 is 5.95. The van der Waals surface area contributed by atoms with Crippen molar-refractivity contribution in [1.82, 2.24) is 4.98 Å². The maximum Gasteiger partial charge on any atom is 0.198 e. The Labute approximate surface area is 133 Å². The van der Waals surface area contributed by atoms with Gasteiger partial charge in [0.25, 0.3) is 0 Å². The summed E-state index contributed by atoms with van der Waals surface area (Å²) in [5, 5.41) is 11.5. The molecule has 0 aliphatic heterocycles. The third-order valence-corrected chi connectivity index (χ3v) is 3.72. The lowest BCUT2D eigenvalue weighted by atomic mass is 10.2. The second kappa shape index (κ2) is 5.73. The molecule has 2 aromatic carbocycles. The Bertz CT molecular complexity index is 835. The highest BCUT2D eigenvalue weighted by molar-refractivity contribution is 6.31. The van der Waals surface area contributed by atoms with Crippen LogP contribution in [0, 0.1) is 0 Å². The molecule has 5 heteroatoms. The van der Waals surface area contributed by atoms with Crippen LogP contribution in [0.2, 0.25) is 5.02 Å². The highest BCUT2D eigenvalue weighted by Crippen LogP contribution is 2.28. The summed E-state index contributed by atoms with van der Waals surface area (Å²) < 4.78 is 0. The van der Waals surface area contributed by atoms with Gasteiger partial charge in [0.2, 0.25) is 0 Å². The lowest BCUT2D eigenvalue weighted by Crippen LogP contribution is -2.07. The molecular formula is C17H16ClN3O. The van der Waals surface area contributed by atoms with E-state index in [9.17, 15) is 5.11 Å². The lowest BCUT2D eigenvalue weighted by molar-refractivity contribution is 0.457. The van der Waals surface area contributed by atoms with Gasteiger partial charge in [-0.15, -0.1) is 0 Å². The number of aromatic amines is 1. The standard InChI is InChI=1S/C17H16ClN3O/c1-21(2)13-6-4-12(5-7-13)19-10-15-14-8-3-11(18)9-16(14)20-17(15)22/h3-10,20,22H,1-2H3. The average molecular weight is 314 g/mol. The van der Waals surface area contributed by atoms with Crippen LogP contribution in [0.5, 0.6) is 5.88 Å². The van der Waals surface area contributed by atoms with Crippen LogP contribution in [-0.2, 0) is 0 Å². The van der Waals surface area contributed by atoms with Crippen molar-refractivity contribution in [2.45, 2.75) is 0 Å². The first-order valence-corrected chi connectivity index (χ1v) is 7.24. The van der Waals surface area contributed by atoms with Gasteiger partial charge in [-0.05, 0) is 36.4 Å². The Morgan fingerprint density at radius 2 is 1.86 bits per heavy atom. The fourth-order valence-corrected chi connectivity index (χ4v) is 2.46. The van der Waals surface area contributed by atoms with Crippen molar-refractivity contribution >= 4 is 40.1 Å². The molecule has 3 rings (SSSR count). The van der Waals surface area contributed by atoms with Crippen LogP contribution < -0.4 is 4.90 Å². The molecule has 0 amide bonds. The number of aromatic hydroxyl groups is 1. The van der Waals surface area contributed by atoms with Gasteiger partial charge < -0.3 is 15.0 Å². The minimum Gasteiger partial charge on any atom is -0.494 e. The van der Waals surface area contributed by atoms with Crippen molar-refractivity contribution in [2.75, 3.05) is 19.0 Å². The Kier molecular flexibility index (Phi) is 3.77. The molecule has 0 fully saturated rings. The number of nitrogens with one attached hydrogen (secondary N) is 1. The summed E-state index contributed by atoms with van der Waals surface area (Å²) in [6.45, 7) is 0. The zero-order chi connectivity index (χ0) is 15.7. The highest BCUT2D eigenvalue weighted by Gasteiger charge is 2.08. The summed E-state index contributed by atoms with van der Waals surface area (Å²) in [5.41, 5.74) is 3.38. The molecule has 0 aliphatic carbocycles. The van der Waals surface area contributed by atoms with E-state index in [1.54, 1.807) is 18.3 Å². The first kappa shape index (κ1) is 14.5. The number of fused-ring (bicyclic) bond motifs is 1. The normalized spacial score (nSPS) is 11.4. The largest absolute Gasteiger partial charge is 0.494 e. The SMILES string of the molecule is CN(C)c1ccc(N=Cc2c(O)[nH]c3cc(Cl)ccc23)cc1. The van der Waals surface area contributed by atoms with E-state index >= 15 is 0 Å². The van der Waals surface area contributed by atoms with Crippen molar-refractivity contribution in [3.63, 3.8) is 0 Å². The molecule has 1 heterocycles. The maximum atomic E-state index is 10.0. The Hall–Kier alpha value is -2.46. The zero-order valence-corrected chi connectivity index (χ0v) is 13.1. The number of aromatic nitrogens is 1. The van der Waals surface area contributed by atoms with Gasteiger partial charge in [0.1, 0.15) is 0 Å². The third-order valence-electron chi connectivity index (χ3n) is 3.49. The van der Waals surface area contributed by atoms with Crippen LogP contribution in [0.25, 0.3) is 10.9 Å². The van der Waals surface area contributed by atoms with Crippen LogP contribution >= 0.6 is 11.6 Å². The molecule has 112 valence electrons. The number of hydrogen-bond acceptors (Lipinski definition) is 3. The summed E-state index contributed by atoms with van der Waals surface area (Å²) in [6.07, 6.45) is 1.66.